The molecule has 1 atom stereocenters. The zero-order chi connectivity index (χ0) is 24.2. The maximum Gasteiger partial charge on any atom is 0.223 e. The van der Waals surface area contributed by atoms with Gasteiger partial charge >= 0.3 is 0 Å². The first-order valence-corrected chi connectivity index (χ1v) is 12.2. The number of piperidine rings is 1. The molecule has 4 heterocycles. The second-order valence-corrected chi connectivity index (χ2v) is 9.35. The van der Waals surface area contributed by atoms with Gasteiger partial charge in [-0.05, 0) is 18.9 Å². The standard InChI is InChI=1S/C25H29ClN8O/c1-17(35)28-12-19(15-33-11-8-27-16-33)34-9-6-18(7-10-34)31-25-30-14-22(26)24(32-25)21-13-29-23-5-3-2-4-20(21)23/h2-5,8,11,13-14,16,18-19,29H,6-7,9-10,12,15H2,1H3,(H,28,35)(H,30,31,32). The van der Waals surface area contributed by atoms with Crippen LogP contribution in [0.5, 0.6) is 0 Å². The van der Waals surface area contributed by atoms with Crippen molar-refractivity contribution in [2.24, 2.45) is 0 Å². The highest BCUT2D eigenvalue weighted by atomic mass is 35.5. The van der Waals surface area contributed by atoms with Crippen LogP contribution >= 0.6 is 11.6 Å². The summed E-state index contributed by atoms with van der Waals surface area (Å²) < 4.78 is 2.06. The van der Waals surface area contributed by atoms with E-state index >= 15 is 0 Å². The number of H-pyrrole nitrogens is 1. The summed E-state index contributed by atoms with van der Waals surface area (Å²) in [7, 11) is 0. The molecule has 0 bridgehead atoms. The minimum atomic E-state index is -0.0110. The van der Waals surface area contributed by atoms with Gasteiger partial charge in [0.15, 0.2) is 0 Å². The third-order valence-corrected chi connectivity index (χ3v) is 6.81. The lowest BCUT2D eigenvalue weighted by molar-refractivity contribution is -0.119. The van der Waals surface area contributed by atoms with Gasteiger partial charge in [0.1, 0.15) is 0 Å². The van der Waals surface area contributed by atoms with E-state index in [0.717, 1.165) is 54.6 Å². The Balaban J connectivity index is 1.24. The van der Waals surface area contributed by atoms with Crippen LogP contribution in [0.25, 0.3) is 22.2 Å². The van der Waals surface area contributed by atoms with Crippen LogP contribution < -0.4 is 10.6 Å². The fraction of sp³-hybridized carbons (Fsp3) is 0.360. The monoisotopic (exact) mass is 492 g/mol. The molecule has 3 N–H and O–H groups in total. The summed E-state index contributed by atoms with van der Waals surface area (Å²) in [6.45, 7) is 4.78. The molecule has 35 heavy (non-hydrogen) atoms. The van der Waals surface area contributed by atoms with Crippen LogP contribution in [0, 0.1) is 0 Å². The lowest BCUT2D eigenvalue weighted by Crippen LogP contribution is -2.50. The van der Waals surface area contributed by atoms with Crippen LogP contribution in [0.15, 0.2) is 55.4 Å². The molecule has 182 valence electrons. The first-order valence-electron chi connectivity index (χ1n) is 11.9. The lowest BCUT2D eigenvalue weighted by atomic mass is 10.0. The van der Waals surface area contributed by atoms with Crippen molar-refractivity contribution < 1.29 is 4.79 Å². The van der Waals surface area contributed by atoms with Gasteiger partial charge < -0.3 is 20.2 Å². The molecule has 10 heteroatoms. The minimum absolute atomic E-state index is 0.0110. The summed E-state index contributed by atoms with van der Waals surface area (Å²) in [6, 6.07) is 8.57. The van der Waals surface area contributed by atoms with Crippen molar-refractivity contribution in [1.82, 2.24) is 34.7 Å². The van der Waals surface area contributed by atoms with Crippen LogP contribution in [0.1, 0.15) is 19.8 Å². The third-order valence-electron chi connectivity index (χ3n) is 6.54. The molecule has 1 aliphatic heterocycles. The average molecular weight is 493 g/mol. The van der Waals surface area contributed by atoms with Gasteiger partial charge in [-0.15, -0.1) is 0 Å². The highest BCUT2D eigenvalue weighted by Crippen LogP contribution is 2.32. The number of para-hydroxylation sites is 1. The van der Waals surface area contributed by atoms with E-state index in [1.54, 1.807) is 19.3 Å². The quantitative estimate of drug-likeness (QED) is 0.347. The molecular weight excluding hydrogens is 464 g/mol. The number of rotatable bonds is 8. The number of hydrogen-bond donors (Lipinski definition) is 3. The summed E-state index contributed by atoms with van der Waals surface area (Å²) >= 11 is 6.49. The first-order chi connectivity index (χ1) is 17.1. The molecule has 0 spiro atoms. The smallest absolute Gasteiger partial charge is 0.223 e. The van der Waals surface area contributed by atoms with E-state index in [-0.39, 0.29) is 18.0 Å². The molecule has 5 rings (SSSR count). The number of nitrogens with zero attached hydrogens (tertiary/aromatic N) is 5. The number of imidazole rings is 1. The summed E-state index contributed by atoms with van der Waals surface area (Å²) in [5.41, 5.74) is 2.73. The van der Waals surface area contributed by atoms with Gasteiger partial charge in [-0.25, -0.2) is 15.0 Å². The summed E-state index contributed by atoms with van der Waals surface area (Å²) in [4.78, 5) is 30.6. The van der Waals surface area contributed by atoms with Crippen molar-refractivity contribution in [2.75, 3.05) is 25.0 Å². The lowest BCUT2D eigenvalue weighted by Gasteiger charge is -2.38. The fourth-order valence-electron chi connectivity index (χ4n) is 4.69. The molecule has 4 aromatic rings. The fourth-order valence-corrected chi connectivity index (χ4v) is 4.89. The Hall–Kier alpha value is -3.43. The number of aromatic amines is 1. The molecule has 0 radical (unpaired) electrons. The number of amides is 1. The van der Waals surface area contributed by atoms with Crippen LogP contribution in [0.2, 0.25) is 5.02 Å². The maximum atomic E-state index is 11.5. The van der Waals surface area contributed by atoms with Crippen molar-refractivity contribution in [3.63, 3.8) is 0 Å². The number of fused-ring (bicyclic) bond motifs is 1. The van der Waals surface area contributed by atoms with Gasteiger partial charge in [0.2, 0.25) is 11.9 Å². The van der Waals surface area contributed by atoms with Gasteiger partial charge in [0.05, 0.1) is 23.2 Å². The maximum absolute atomic E-state index is 11.5. The number of anilines is 1. The van der Waals surface area contributed by atoms with E-state index in [4.69, 9.17) is 16.6 Å². The van der Waals surface area contributed by atoms with E-state index in [9.17, 15) is 4.79 Å². The molecule has 0 saturated carbocycles. The number of carbonyl (C=O) groups is 1. The molecule has 1 unspecified atom stereocenters. The van der Waals surface area contributed by atoms with Crippen molar-refractivity contribution in [3.05, 3.63) is 60.4 Å². The number of benzene rings is 1. The molecule has 0 aliphatic carbocycles. The average Bonchev–Trinajstić information content (AvgIpc) is 3.53. The second-order valence-electron chi connectivity index (χ2n) is 8.94. The molecule has 1 fully saturated rings. The number of halogens is 1. The normalized spacial score (nSPS) is 15.8. The zero-order valence-electron chi connectivity index (χ0n) is 19.6. The number of nitrogens with one attached hydrogen (secondary N) is 3. The van der Waals surface area contributed by atoms with Crippen molar-refractivity contribution >= 4 is 34.4 Å². The van der Waals surface area contributed by atoms with E-state index < -0.39 is 0 Å². The van der Waals surface area contributed by atoms with Crippen molar-refractivity contribution in [1.29, 1.82) is 0 Å². The predicted octanol–water partition coefficient (Wildman–Crippen LogP) is 3.56. The Bertz CT molecular complexity index is 1280. The SMILES string of the molecule is CC(=O)NCC(Cn1ccnc1)N1CCC(Nc2ncc(Cl)c(-c3c[nH]c4ccccc34)n2)CC1. The van der Waals surface area contributed by atoms with Gasteiger partial charge in [-0.2, -0.15) is 0 Å². The van der Waals surface area contributed by atoms with Gasteiger partial charge in [-0.1, -0.05) is 29.8 Å². The number of likely N-dealkylation sites (tertiary alicyclic amines) is 1. The number of aromatic nitrogens is 5. The van der Waals surface area contributed by atoms with Crippen molar-refractivity contribution in [2.45, 2.75) is 38.4 Å². The first kappa shape index (κ1) is 23.3. The molecule has 1 saturated heterocycles. The second kappa shape index (κ2) is 10.5. The van der Waals surface area contributed by atoms with Crippen LogP contribution in [-0.4, -0.2) is 67.0 Å². The Kier molecular flexibility index (Phi) is 6.96. The third kappa shape index (κ3) is 5.47. The van der Waals surface area contributed by atoms with E-state index in [1.165, 1.54) is 0 Å². The Morgan fingerprint density at radius 1 is 1.29 bits per heavy atom. The highest BCUT2D eigenvalue weighted by molar-refractivity contribution is 6.33. The van der Waals surface area contributed by atoms with E-state index in [2.05, 4.69) is 41.1 Å². The van der Waals surface area contributed by atoms with Crippen LogP contribution in [0.4, 0.5) is 5.95 Å². The summed E-state index contributed by atoms with van der Waals surface area (Å²) in [5.74, 6) is 0.574. The topological polar surface area (TPSA) is 104 Å². The van der Waals surface area contributed by atoms with Gasteiger partial charge in [0, 0.05) is 80.2 Å². The van der Waals surface area contributed by atoms with E-state index in [1.807, 2.05) is 36.9 Å². The molecule has 1 aliphatic rings. The van der Waals surface area contributed by atoms with Crippen LogP contribution in [0.3, 0.4) is 0 Å². The molecule has 9 nitrogen and oxygen atoms in total. The van der Waals surface area contributed by atoms with Gasteiger partial charge in [-0.3, -0.25) is 9.69 Å². The Morgan fingerprint density at radius 2 is 2.11 bits per heavy atom. The van der Waals surface area contributed by atoms with Crippen LogP contribution in [-0.2, 0) is 11.3 Å². The predicted molar refractivity (Wildman–Crippen MR) is 137 cm³/mol. The molecule has 1 amide bonds. The summed E-state index contributed by atoms with van der Waals surface area (Å²) in [6.07, 6.45) is 11.1. The molecule has 3 aromatic heterocycles. The molecular formula is C25H29ClN8O. The largest absolute Gasteiger partial charge is 0.360 e. The number of hydrogen-bond acceptors (Lipinski definition) is 6. The Labute approximate surface area is 208 Å². The Morgan fingerprint density at radius 3 is 2.89 bits per heavy atom. The highest BCUT2D eigenvalue weighted by Gasteiger charge is 2.26. The van der Waals surface area contributed by atoms with Crippen molar-refractivity contribution in [3.8, 4) is 11.3 Å². The summed E-state index contributed by atoms with van der Waals surface area (Å²) in [5, 5.41) is 8.09. The van der Waals surface area contributed by atoms with Gasteiger partial charge in [0.25, 0.3) is 0 Å². The minimum Gasteiger partial charge on any atom is -0.360 e. The van der Waals surface area contributed by atoms with E-state index in [0.29, 0.717) is 17.5 Å². The molecule has 1 aromatic carbocycles. The zero-order valence-corrected chi connectivity index (χ0v) is 20.4. The number of carbonyl (C=O) groups excluding carboxylic acids is 1.